The van der Waals surface area contributed by atoms with E-state index >= 15 is 0 Å². The number of nitrogens with zero attached hydrogens (tertiary/aromatic N) is 3. The molecule has 0 saturated heterocycles. The molecule has 0 unspecified atom stereocenters. The number of benzene rings is 8. The SMILES string of the molecule is Cc1cc2c3c(c1)N(c1cccc4c1C(C)(C)c1ccccc1-4)c1cc(N(c4ccccc4)c4ccccc4)ccc1B3c1cc3c(cc1N2c1cc2c(cc1C)C(C)(C)CC2(C)C)C(C)(C)CCC3(C)C. The Labute approximate surface area is 429 Å². The standard InChI is InChI=1S/C68H68BN3/c1-42-34-60-63-61(35-42)72(57-39-53-50(36-43(57)2)66(7,8)41-67(53,9)10)59-40-52-51(64(3,4)32-33-65(52,5)6)38-55(59)69(63)54-31-30-46(70(44-22-15-13-16-23-44)45-24-17-14-18-25-45)37-58(54)71(60)56-29-21-27-48-47-26-19-20-28-49(47)68(11,12)62(48)56/h13-31,34-40H,32-33,41H2,1-12H3. The number of aryl methyl sites for hydroxylation is 2. The van der Waals surface area contributed by atoms with Gasteiger partial charge in [0.05, 0.1) is 5.69 Å². The summed E-state index contributed by atoms with van der Waals surface area (Å²) >= 11 is 0. The molecule has 2 heterocycles. The van der Waals surface area contributed by atoms with Gasteiger partial charge in [0.25, 0.3) is 6.71 Å². The van der Waals surface area contributed by atoms with Gasteiger partial charge >= 0.3 is 0 Å². The Morgan fingerprint density at radius 3 is 1.58 bits per heavy atom. The smallest absolute Gasteiger partial charge is 0.252 e. The van der Waals surface area contributed by atoms with Gasteiger partial charge in [-0.3, -0.25) is 0 Å². The van der Waals surface area contributed by atoms with Gasteiger partial charge in [-0.25, -0.2) is 0 Å². The third kappa shape index (κ3) is 6.36. The van der Waals surface area contributed by atoms with Gasteiger partial charge in [0.1, 0.15) is 0 Å². The summed E-state index contributed by atoms with van der Waals surface area (Å²) in [6.07, 6.45) is 3.46. The molecule has 0 spiro atoms. The molecule has 3 aliphatic carbocycles. The van der Waals surface area contributed by atoms with Crippen LogP contribution in [-0.4, -0.2) is 6.71 Å². The monoisotopic (exact) mass is 938 g/mol. The fourth-order valence-corrected chi connectivity index (χ4v) is 14.8. The van der Waals surface area contributed by atoms with Crippen molar-refractivity contribution < 1.29 is 0 Å². The van der Waals surface area contributed by atoms with E-state index in [-0.39, 0.29) is 33.8 Å². The molecule has 0 fully saturated rings. The highest BCUT2D eigenvalue weighted by Crippen LogP contribution is 2.58. The van der Waals surface area contributed by atoms with E-state index in [1.165, 1.54) is 106 Å². The summed E-state index contributed by atoms with van der Waals surface area (Å²) in [6.45, 7) is 29.3. The second-order valence-corrected chi connectivity index (χ2v) is 25.3. The Morgan fingerprint density at radius 1 is 0.403 bits per heavy atom. The second-order valence-electron chi connectivity index (χ2n) is 25.3. The molecule has 0 bridgehead atoms. The summed E-state index contributed by atoms with van der Waals surface area (Å²) in [4.78, 5) is 7.85. The predicted molar refractivity (Wildman–Crippen MR) is 308 cm³/mol. The van der Waals surface area contributed by atoms with E-state index in [1.54, 1.807) is 0 Å². The zero-order chi connectivity index (χ0) is 50.0. The Hall–Kier alpha value is -6.78. The van der Waals surface area contributed by atoms with E-state index in [0.29, 0.717) is 0 Å². The fourth-order valence-electron chi connectivity index (χ4n) is 14.8. The highest BCUT2D eigenvalue weighted by atomic mass is 15.2. The van der Waals surface area contributed by atoms with Crippen LogP contribution in [0.25, 0.3) is 11.1 Å². The molecular formula is C68H68BN3. The van der Waals surface area contributed by atoms with Crippen LogP contribution in [0.2, 0.25) is 0 Å². The Morgan fingerprint density at radius 2 is 0.931 bits per heavy atom. The van der Waals surface area contributed by atoms with Crippen LogP contribution in [0.15, 0.2) is 158 Å². The summed E-state index contributed by atoms with van der Waals surface area (Å²) in [7, 11) is 0. The normalized spacial score (nSPS) is 18.3. The van der Waals surface area contributed by atoms with Crippen molar-refractivity contribution in [2.75, 3.05) is 14.7 Å². The summed E-state index contributed by atoms with van der Waals surface area (Å²) in [5.41, 5.74) is 29.2. The van der Waals surface area contributed by atoms with Crippen molar-refractivity contribution >= 4 is 74.3 Å². The summed E-state index contributed by atoms with van der Waals surface area (Å²) in [5.74, 6) is 0. The molecule has 72 heavy (non-hydrogen) atoms. The molecule has 0 saturated carbocycles. The molecule has 0 aromatic heterocycles. The van der Waals surface area contributed by atoms with Crippen molar-refractivity contribution in [1.29, 1.82) is 0 Å². The summed E-state index contributed by atoms with van der Waals surface area (Å²) in [5, 5.41) is 0. The van der Waals surface area contributed by atoms with Crippen LogP contribution in [0.3, 0.4) is 0 Å². The number of fused-ring (bicyclic) bond motifs is 9. The maximum atomic E-state index is 2.73. The molecule has 13 rings (SSSR count). The lowest BCUT2D eigenvalue weighted by Crippen LogP contribution is -2.62. The van der Waals surface area contributed by atoms with Gasteiger partial charge in [-0.05, 0) is 194 Å². The van der Waals surface area contributed by atoms with Crippen molar-refractivity contribution in [3.63, 3.8) is 0 Å². The molecule has 0 amide bonds. The molecule has 0 N–H and O–H groups in total. The molecule has 8 aromatic carbocycles. The quantitative estimate of drug-likeness (QED) is 0.159. The third-order valence-corrected chi connectivity index (χ3v) is 18.2. The lowest BCUT2D eigenvalue weighted by molar-refractivity contribution is 0.332. The maximum absolute atomic E-state index is 2.73. The van der Waals surface area contributed by atoms with Crippen LogP contribution >= 0.6 is 0 Å². The van der Waals surface area contributed by atoms with E-state index in [0.717, 1.165) is 36.3 Å². The van der Waals surface area contributed by atoms with Gasteiger partial charge in [0.15, 0.2) is 0 Å². The molecular weight excluding hydrogens is 870 g/mol. The number of rotatable bonds is 5. The summed E-state index contributed by atoms with van der Waals surface area (Å²) < 4.78 is 0. The van der Waals surface area contributed by atoms with Gasteiger partial charge in [0.2, 0.25) is 0 Å². The zero-order valence-electron chi connectivity index (χ0n) is 44.6. The highest BCUT2D eigenvalue weighted by Gasteiger charge is 2.49. The van der Waals surface area contributed by atoms with Crippen LogP contribution < -0.4 is 31.1 Å². The van der Waals surface area contributed by atoms with Crippen LogP contribution in [0, 0.1) is 13.8 Å². The van der Waals surface area contributed by atoms with E-state index in [2.05, 4.69) is 256 Å². The topological polar surface area (TPSA) is 9.72 Å². The number of hydrogen-bond donors (Lipinski definition) is 0. The first-order valence-corrected chi connectivity index (χ1v) is 26.6. The minimum atomic E-state index is -0.237. The summed E-state index contributed by atoms with van der Waals surface area (Å²) in [6, 6.07) is 60.9. The molecule has 8 aromatic rings. The van der Waals surface area contributed by atoms with Crippen LogP contribution in [-0.2, 0) is 27.1 Å². The number of anilines is 9. The second kappa shape index (κ2) is 15.1. The maximum Gasteiger partial charge on any atom is 0.252 e. The average molecular weight is 938 g/mol. The molecule has 4 heteroatoms. The molecule has 358 valence electrons. The van der Waals surface area contributed by atoms with E-state index < -0.39 is 0 Å². The minimum Gasteiger partial charge on any atom is -0.311 e. The molecule has 5 aliphatic rings. The minimum absolute atomic E-state index is 0.0118. The molecule has 2 aliphatic heterocycles. The molecule has 3 nitrogen and oxygen atoms in total. The highest BCUT2D eigenvalue weighted by molar-refractivity contribution is 7.00. The van der Waals surface area contributed by atoms with Gasteiger partial charge in [-0.2, -0.15) is 0 Å². The predicted octanol–water partition coefficient (Wildman–Crippen LogP) is 16.5. The number of hydrogen-bond acceptors (Lipinski definition) is 3. The first-order chi connectivity index (χ1) is 34.3. The van der Waals surface area contributed by atoms with Gasteiger partial charge in [-0.1, -0.05) is 160 Å². The van der Waals surface area contributed by atoms with Crippen molar-refractivity contribution in [3.8, 4) is 11.1 Å². The third-order valence-electron chi connectivity index (χ3n) is 18.2. The molecule has 0 atom stereocenters. The van der Waals surface area contributed by atoms with Gasteiger partial charge in [-0.15, -0.1) is 0 Å². The van der Waals surface area contributed by atoms with Crippen molar-refractivity contribution in [2.24, 2.45) is 0 Å². The largest absolute Gasteiger partial charge is 0.311 e. The van der Waals surface area contributed by atoms with Crippen LogP contribution in [0.5, 0.6) is 0 Å². The Bertz CT molecular complexity index is 3540. The van der Waals surface area contributed by atoms with Crippen molar-refractivity contribution in [3.05, 3.63) is 202 Å². The first-order valence-electron chi connectivity index (χ1n) is 26.6. The fraction of sp³-hybridized carbons (Fsp3) is 0.294. The Kier molecular flexibility index (Phi) is 9.49. The van der Waals surface area contributed by atoms with Gasteiger partial charge in [0, 0.05) is 50.9 Å². The van der Waals surface area contributed by atoms with Crippen molar-refractivity contribution in [1.82, 2.24) is 0 Å². The Balaban J connectivity index is 1.15. The molecule has 0 radical (unpaired) electrons. The average Bonchev–Trinajstić information content (AvgIpc) is 3.69. The van der Waals surface area contributed by atoms with Crippen molar-refractivity contribution in [2.45, 2.75) is 129 Å². The van der Waals surface area contributed by atoms with E-state index in [9.17, 15) is 0 Å². The number of para-hydroxylation sites is 2. The zero-order valence-corrected chi connectivity index (χ0v) is 44.6. The lowest BCUT2D eigenvalue weighted by Gasteiger charge is -2.48. The van der Waals surface area contributed by atoms with Crippen LogP contribution in [0.4, 0.5) is 51.2 Å². The van der Waals surface area contributed by atoms with E-state index in [1.807, 2.05) is 0 Å². The van der Waals surface area contributed by atoms with Crippen LogP contribution in [0.1, 0.15) is 133 Å². The lowest BCUT2D eigenvalue weighted by atomic mass is 9.33. The van der Waals surface area contributed by atoms with E-state index in [4.69, 9.17) is 0 Å². The first kappa shape index (κ1) is 45.1. The van der Waals surface area contributed by atoms with Gasteiger partial charge < -0.3 is 14.7 Å².